The van der Waals surface area contributed by atoms with Gasteiger partial charge in [-0.05, 0) is 36.3 Å². The molecule has 0 aliphatic carbocycles. The molecule has 3 amide bonds. The lowest BCUT2D eigenvalue weighted by atomic mass is 10.2. The zero-order chi connectivity index (χ0) is 20.3. The van der Waals surface area contributed by atoms with Crippen LogP contribution in [0.2, 0.25) is 0 Å². The van der Waals surface area contributed by atoms with E-state index in [0.29, 0.717) is 5.56 Å². The van der Waals surface area contributed by atoms with E-state index in [1.807, 2.05) is 31.2 Å². The molecule has 8 nitrogen and oxygen atoms in total. The Bertz CT molecular complexity index is 1070. The van der Waals surface area contributed by atoms with Gasteiger partial charge in [-0.3, -0.25) is 9.69 Å². The smallest absolute Gasteiger partial charge is 0.303 e. The van der Waals surface area contributed by atoms with Gasteiger partial charge >= 0.3 is 6.03 Å². The van der Waals surface area contributed by atoms with E-state index in [1.165, 1.54) is 43.6 Å². The molecule has 0 radical (unpaired) electrons. The zero-order valence-electron chi connectivity index (χ0n) is 15.2. The maximum absolute atomic E-state index is 12.3. The molecule has 0 atom stereocenters. The van der Waals surface area contributed by atoms with Crippen LogP contribution in [-0.2, 0) is 14.8 Å². The fourth-order valence-corrected chi connectivity index (χ4v) is 3.20. The summed E-state index contributed by atoms with van der Waals surface area (Å²) in [7, 11) is -2.45. The molecule has 2 aromatic rings. The second kappa shape index (κ2) is 7.65. The summed E-state index contributed by atoms with van der Waals surface area (Å²) in [6.45, 7) is 1.96. The molecule has 2 N–H and O–H groups in total. The van der Waals surface area contributed by atoms with Crippen LogP contribution in [0.4, 0.5) is 4.79 Å². The number of urea groups is 1. The number of rotatable bonds is 5. The van der Waals surface area contributed by atoms with Crippen molar-refractivity contribution in [1.82, 2.24) is 15.0 Å². The molecular formula is C19H18N4O4S. The molecule has 1 heterocycles. The average Bonchev–Trinajstić information content (AvgIpc) is 2.90. The van der Waals surface area contributed by atoms with Crippen LogP contribution in [0.15, 0.2) is 64.2 Å². The molecule has 0 saturated carbocycles. The first-order valence-corrected chi connectivity index (χ1v) is 9.77. The fourth-order valence-electron chi connectivity index (χ4n) is 2.41. The van der Waals surface area contributed by atoms with Gasteiger partial charge in [-0.2, -0.15) is 13.5 Å². The second-order valence-corrected chi connectivity index (χ2v) is 7.85. The van der Waals surface area contributed by atoms with Gasteiger partial charge in [0.25, 0.3) is 15.9 Å². The van der Waals surface area contributed by atoms with E-state index in [1.54, 1.807) is 0 Å². The molecule has 28 heavy (non-hydrogen) atoms. The SMILES string of the molecule is Cc1ccc(/C=N/NS(=O)(=O)c2ccc(/C=C3\NC(=O)N(C)C3=O)cc2)cc1. The minimum atomic E-state index is -3.82. The number of hydrogen-bond donors (Lipinski definition) is 2. The highest BCUT2D eigenvalue weighted by Crippen LogP contribution is 2.15. The van der Waals surface area contributed by atoms with Crippen molar-refractivity contribution in [2.75, 3.05) is 7.05 Å². The molecule has 1 saturated heterocycles. The Morgan fingerprint density at radius 1 is 1.00 bits per heavy atom. The first kappa shape index (κ1) is 19.3. The highest BCUT2D eigenvalue weighted by Gasteiger charge is 2.29. The van der Waals surface area contributed by atoms with Crippen LogP contribution in [0.25, 0.3) is 6.08 Å². The van der Waals surface area contributed by atoms with Crippen molar-refractivity contribution in [2.24, 2.45) is 5.10 Å². The molecule has 0 unspecified atom stereocenters. The third kappa shape index (κ3) is 4.26. The molecule has 0 aromatic heterocycles. The summed E-state index contributed by atoms with van der Waals surface area (Å²) in [5.41, 5.74) is 2.56. The van der Waals surface area contributed by atoms with Crippen molar-refractivity contribution < 1.29 is 18.0 Å². The van der Waals surface area contributed by atoms with Crippen molar-refractivity contribution in [3.8, 4) is 0 Å². The summed E-state index contributed by atoms with van der Waals surface area (Å²) in [5.74, 6) is -0.450. The minimum absolute atomic E-state index is 0.0228. The van der Waals surface area contributed by atoms with Crippen molar-refractivity contribution in [2.45, 2.75) is 11.8 Å². The average molecular weight is 398 g/mol. The lowest BCUT2D eigenvalue weighted by Gasteiger charge is -2.04. The maximum Gasteiger partial charge on any atom is 0.328 e. The van der Waals surface area contributed by atoms with Gasteiger partial charge < -0.3 is 5.32 Å². The molecular weight excluding hydrogens is 380 g/mol. The highest BCUT2D eigenvalue weighted by atomic mass is 32.2. The largest absolute Gasteiger partial charge is 0.328 e. The predicted molar refractivity (Wildman–Crippen MR) is 105 cm³/mol. The first-order valence-electron chi connectivity index (χ1n) is 8.28. The van der Waals surface area contributed by atoms with Crippen LogP contribution in [0.1, 0.15) is 16.7 Å². The Balaban J connectivity index is 1.70. The number of hydrogen-bond acceptors (Lipinski definition) is 5. The Hall–Kier alpha value is -3.46. The molecule has 1 aliphatic rings. The number of sulfonamides is 1. The quantitative estimate of drug-likeness (QED) is 0.347. The van der Waals surface area contributed by atoms with Crippen LogP contribution < -0.4 is 10.1 Å². The number of imide groups is 1. The van der Waals surface area contributed by atoms with Gasteiger partial charge in [0.05, 0.1) is 11.1 Å². The second-order valence-electron chi connectivity index (χ2n) is 6.18. The van der Waals surface area contributed by atoms with Gasteiger partial charge in [0.1, 0.15) is 5.70 Å². The van der Waals surface area contributed by atoms with E-state index in [0.717, 1.165) is 16.0 Å². The van der Waals surface area contributed by atoms with Crippen molar-refractivity contribution in [1.29, 1.82) is 0 Å². The normalized spacial score (nSPS) is 16.1. The van der Waals surface area contributed by atoms with Crippen LogP contribution >= 0.6 is 0 Å². The molecule has 2 aromatic carbocycles. The van der Waals surface area contributed by atoms with Crippen LogP contribution in [-0.4, -0.2) is 38.5 Å². The third-order valence-electron chi connectivity index (χ3n) is 4.05. The van der Waals surface area contributed by atoms with E-state index in [4.69, 9.17) is 0 Å². The number of aryl methyl sites for hydroxylation is 1. The van der Waals surface area contributed by atoms with Gasteiger partial charge in [0, 0.05) is 7.05 Å². The van der Waals surface area contributed by atoms with Crippen LogP contribution in [0, 0.1) is 6.92 Å². The summed E-state index contributed by atoms with van der Waals surface area (Å²) in [5, 5.41) is 6.22. The molecule has 1 fully saturated rings. The van der Waals surface area contributed by atoms with Gasteiger partial charge in [-0.15, -0.1) is 0 Å². The summed E-state index contributed by atoms with van der Waals surface area (Å²) < 4.78 is 24.6. The standard InChI is InChI=1S/C19H18N4O4S/c1-13-3-5-15(6-4-13)12-20-22-28(26,27)16-9-7-14(8-10-16)11-17-18(24)23(2)19(25)21-17/h3-12,22H,1-2H3,(H,21,25)/b17-11-,20-12+. The van der Waals surface area contributed by atoms with Crippen LogP contribution in [0.3, 0.4) is 0 Å². The van der Waals surface area contributed by atoms with E-state index in [2.05, 4.69) is 15.2 Å². The number of nitrogens with zero attached hydrogens (tertiary/aromatic N) is 2. The fraction of sp³-hybridized carbons (Fsp3) is 0.105. The van der Waals surface area contributed by atoms with E-state index in [-0.39, 0.29) is 10.6 Å². The Morgan fingerprint density at radius 2 is 1.61 bits per heavy atom. The van der Waals surface area contributed by atoms with Gasteiger partial charge in [-0.25, -0.2) is 9.63 Å². The van der Waals surface area contributed by atoms with Gasteiger partial charge in [-0.1, -0.05) is 42.0 Å². The van der Waals surface area contributed by atoms with E-state index >= 15 is 0 Å². The molecule has 3 rings (SSSR count). The summed E-state index contributed by atoms with van der Waals surface area (Å²) in [6.07, 6.45) is 2.89. The number of amides is 3. The molecule has 1 aliphatic heterocycles. The number of benzene rings is 2. The summed E-state index contributed by atoms with van der Waals surface area (Å²) in [4.78, 5) is 26.4. The molecule has 0 bridgehead atoms. The number of likely N-dealkylation sites (N-methyl/N-ethyl adjacent to an activating group) is 1. The van der Waals surface area contributed by atoms with Crippen molar-refractivity contribution >= 4 is 34.3 Å². The monoisotopic (exact) mass is 398 g/mol. The van der Waals surface area contributed by atoms with Crippen molar-refractivity contribution in [3.05, 3.63) is 70.9 Å². The lowest BCUT2D eigenvalue weighted by Crippen LogP contribution is -2.25. The van der Waals surface area contributed by atoms with E-state index in [9.17, 15) is 18.0 Å². The van der Waals surface area contributed by atoms with Crippen molar-refractivity contribution in [3.63, 3.8) is 0 Å². The third-order valence-corrected chi connectivity index (χ3v) is 5.29. The number of nitrogens with one attached hydrogen (secondary N) is 2. The Labute approximate surface area is 162 Å². The topological polar surface area (TPSA) is 108 Å². The predicted octanol–water partition coefficient (Wildman–Crippen LogP) is 1.83. The molecule has 144 valence electrons. The number of carbonyl (C=O) groups excluding carboxylic acids is 2. The van der Waals surface area contributed by atoms with Gasteiger partial charge in [0.2, 0.25) is 0 Å². The Morgan fingerprint density at radius 3 is 2.18 bits per heavy atom. The van der Waals surface area contributed by atoms with Crippen LogP contribution in [0.5, 0.6) is 0 Å². The summed E-state index contributed by atoms with van der Waals surface area (Å²) in [6, 6.07) is 12.8. The lowest BCUT2D eigenvalue weighted by molar-refractivity contribution is -0.121. The molecule has 9 heteroatoms. The number of carbonyl (C=O) groups is 2. The summed E-state index contributed by atoms with van der Waals surface area (Å²) >= 11 is 0. The highest BCUT2D eigenvalue weighted by molar-refractivity contribution is 7.89. The zero-order valence-corrected chi connectivity index (χ0v) is 16.0. The minimum Gasteiger partial charge on any atom is -0.303 e. The van der Waals surface area contributed by atoms with E-state index < -0.39 is 22.0 Å². The maximum atomic E-state index is 12.3. The van der Waals surface area contributed by atoms with Gasteiger partial charge in [0.15, 0.2) is 0 Å². The molecule has 0 spiro atoms. The first-order chi connectivity index (χ1) is 13.3. The Kier molecular flexibility index (Phi) is 5.27. The number of hydrazone groups is 1.